The van der Waals surface area contributed by atoms with Crippen LogP contribution < -0.4 is 10.3 Å². The number of para-hydroxylation sites is 1. The Labute approximate surface area is 167 Å². The van der Waals surface area contributed by atoms with Crippen LogP contribution in [0, 0.1) is 0 Å². The highest BCUT2D eigenvalue weighted by molar-refractivity contribution is 5.98. The van der Waals surface area contributed by atoms with Gasteiger partial charge in [-0.25, -0.2) is 0 Å². The quantitative estimate of drug-likeness (QED) is 0.703. The van der Waals surface area contributed by atoms with Gasteiger partial charge in [-0.3, -0.25) is 9.59 Å². The minimum absolute atomic E-state index is 0.133. The molecule has 150 valence electrons. The normalized spacial score (nSPS) is 19.8. The molecular formula is C22H23N2O5+. The molecule has 5 rings (SSSR count). The lowest BCUT2D eigenvalue weighted by molar-refractivity contribution is -0.908. The number of morpholine rings is 1. The number of hydrogen-bond acceptors (Lipinski definition) is 5. The van der Waals surface area contributed by atoms with E-state index < -0.39 is 6.04 Å². The molecule has 1 N–H and O–H groups in total. The number of fused-ring (bicyclic) bond motifs is 2. The number of hydrogen-bond donors (Lipinski definition) is 1. The molecule has 0 unspecified atom stereocenters. The summed E-state index contributed by atoms with van der Waals surface area (Å²) in [5.74, 6) is 0.466. The maximum Gasteiger partial charge on any atom is 0.291 e. The van der Waals surface area contributed by atoms with Gasteiger partial charge in [-0.05, 0) is 24.3 Å². The molecule has 4 heterocycles. The molecule has 2 aliphatic heterocycles. The Bertz CT molecular complexity index is 1080. The standard InChI is InChI=1S/C22H22N2O5/c25-20-15-5-1-2-6-16(15)29-21-18(20)19(17-7-3-12-28-17)24(22(21)26)9-4-8-23-10-13-27-14-11-23/h1-3,5-7,12,19H,4,8-11,13-14H2/p+1/t19-/m1/s1. The number of rotatable bonds is 5. The molecule has 0 saturated carbocycles. The van der Waals surface area contributed by atoms with E-state index in [0.29, 0.717) is 28.8 Å². The van der Waals surface area contributed by atoms with Gasteiger partial charge in [0.25, 0.3) is 5.91 Å². The maximum absolute atomic E-state index is 13.2. The van der Waals surface area contributed by atoms with Gasteiger partial charge in [0.2, 0.25) is 5.76 Å². The van der Waals surface area contributed by atoms with Crippen molar-refractivity contribution in [3.63, 3.8) is 0 Å². The Morgan fingerprint density at radius 1 is 1.07 bits per heavy atom. The van der Waals surface area contributed by atoms with Crippen LogP contribution in [0.2, 0.25) is 0 Å². The van der Waals surface area contributed by atoms with Gasteiger partial charge in [-0.15, -0.1) is 0 Å². The van der Waals surface area contributed by atoms with Gasteiger partial charge in [-0.2, -0.15) is 0 Å². The molecule has 0 bridgehead atoms. The molecule has 1 fully saturated rings. The second-order valence-electron chi connectivity index (χ2n) is 7.55. The molecule has 7 heteroatoms. The van der Waals surface area contributed by atoms with E-state index in [4.69, 9.17) is 13.6 Å². The first-order valence-electron chi connectivity index (χ1n) is 10.1. The Balaban J connectivity index is 1.49. The van der Waals surface area contributed by atoms with Crippen molar-refractivity contribution in [2.24, 2.45) is 0 Å². The molecule has 2 aromatic heterocycles. The Hall–Kier alpha value is -2.90. The Kier molecular flexibility index (Phi) is 4.69. The zero-order valence-corrected chi connectivity index (χ0v) is 16.1. The van der Waals surface area contributed by atoms with Gasteiger partial charge in [0.1, 0.15) is 30.5 Å². The zero-order chi connectivity index (χ0) is 19.8. The van der Waals surface area contributed by atoms with Crippen LogP contribution in [0.1, 0.15) is 34.3 Å². The highest BCUT2D eigenvalue weighted by atomic mass is 16.5. The van der Waals surface area contributed by atoms with E-state index in [0.717, 1.165) is 39.3 Å². The molecule has 0 aliphatic carbocycles. The molecule has 1 atom stereocenters. The fourth-order valence-corrected chi connectivity index (χ4v) is 4.35. The third kappa shape index (κ3) is 3.16. The van der Waals surface area contributed by atoms with E-state index >= 15 is 0 Å². The van der Waals surface area contributed by atoms with Crippen LogP contribution in [0.5, 0.6) is 0 Å². The van der Waals surface area contributed by atoms with Crippen LogP contribution in [0.25, 0.3) is 11.0 Å². The summed E-state index contributed by atoms with van der Waals surface area (Å²) in [5.41, 5.74) is 0.641. The van der Waals surface area contributed by atoms with E-state index in [-0.39, 0.29) is 17.1 Å². The van der Waals surface area contributed by atoms with E-state index in [1.165, 1.54) is 4.90 Å². The van der Waals surface area contributed by atoms with Gasteiger partial charge in [-0.1, -0.05) is 12.1 Å². The summed E-state index contributed by atoms with van der Waals surface area (Å²) in [5, 5.41) is 0.482. The summed E-state index contributed by atoms with van der Waals surface area (Å²) >= 11 is 0. The van der Waals surface area contributed by atoms with Crippen molar-refractivity contribution in [2.45, 2.75) is 12.5 Å². The number of nitrogens with zero attached hydrogens (tertiary/aromatic N) is 1. The van der Waals surface area contributed by atoms with Crippen molar-refractivity contribution in [1.29, 1.82) is 0 Å². The Morgan fingerprint density at radius 3 is 2.69 bits per heavy atom. The molecule has 1 amide bonds. The largest absolute Gasteiger partial charge is 0.467 e. The fraction of sp³-hybridized carbons (Fsp3) is 0.364. The molecular weight excluding hydrogens is 372 g/mol. The molecule has 0 spiro atoms. The molecule has 0 radical (unpaired) electrons. The van der Waals surface area contributed by atoms with Crippen molar-refractivity contribution >= 4 is 16.9 Å². The minimum atomic E-state index is -0.548. The van der Waals surface area contributed by atoms with Gasteiger partial charge >= 0.3 is 0 Å². The van der Waals surface area contributed by atoms with Crippen LogP contribution in [0.3, 0.4) is 0 Å². The van der Waals surface area contributed by atoms with Gasteiger partial charge in [0.15, 0.2) is 5.43 Å². The number of ether oxygens (including phenoxy) is 1. The number of carbonyl (C=O) groups is 1. The number of quaternary nitrogens is 1. The summed E-state index contributed by atoms with van der Waals surface area (Å²) in [7, 11) is 0. The predicted molar refractivity (Wildman–Crippen MR) is 105 cm³/mol. The first-order valence-corrected chi connectivity index (χ1v) is 10.1. The van der Waals surface area contributed by atoms with Crippen LogP contribution in [-0.4, -0.2) is 50.2 Å². The van der Waals surface area contributed by atoms with Crippen molar-refractivity contribution < 1.29 is 23.3 Å². The summed E-state index contributed by atoms with van der Waals surface area (Å²) in [4.78, 5) is 29.6. The number of carbonyl (C=O) groups excluding carboxylic acids is 1. The fourth-order valence-electron chi connectivity index (χ4n) is 4.35. The highest BCUT2D eigenvalue weighted by Gasteiger charge is 2.43. The first kappa shape index (κ1) is 18.1. The Morgan fingerprint density at radius 2 is 1.90 bits per heavy atom. The van der Waals surface area contributed by atoms with E-state index in [1.807, 2.05) is 6.07 Å². The SMILES string of the molecule is O=C1c2oc3ccccc3c(=O)c2[C@@H](c2ccco2)N1CCC[NH+]1CCOCC1. The summed E-state index contributed by atoms with van der Waals surface area (Å²) in [6, 6.07) is 10.1. The zero-order valence-electron chi connectivity index (χ0n) is 16.1. The number of nitrogens with one attached hydrogen (secondary N) is 1. The minimum Gasteiger partial charge on any atom is -0.467 e. The average molecular weight is 395 g/mol. The number of amides is 1. The smallest absolute Gasteiger partial charge is 0.291 e. The first-order chi connectivity index (χ1) is 14.2. The molecule has 29 heavy (non-hydrogen) atoms. The second kappa shape index (κ2) is 7.50. The summed E-state index contributed by atoms with van der Waals surface area (Å²) < 4.78 is 16.9. The lowest BCUT2D eigenvalue weighted by atomic mass is 10.0. The van der Waals surface area contributed by atoms with Crippen LogP contribution in [0.15, 0.2) is 56.3 Å². The van der Waals surface area contributed by atoms with E-state index in [1.54, 1.807) is 41.5 Å². The van der Waals surface area contributed by atoms with Crippen molar-refractivity contribution in [2.75, 3.05) is 39.4 Å². The molecule has 2 aliphatic rings. The second-order valence-corrected chi connectivity index (χ2v) is 7.55. The third-order valence-electron chi connectivity index (χ3n) is 5.82. The highest BCUT2D eigenvalue weighted by Crippen LogP contribution is 2.38. The monoisotopic (exact) mass is 395 g/mol. The topological polar surface area (TPSA) is 77.3 Å². The van der Waals surface area contributed by atoms with Crippen molar-refractivity contribution in [3.8, 4) is 0 Å². The third-order valence-corrected chi connectivity index (χ3v) is 5.82. The van der Waals surface area contributed by atoms with Crippen LogP contribution in [-0.2, 0) is 4.74 Å². The molecule has 1 aromatic carbocycles. The van der Waals surface area contributed by atoms with Gasteiger partial charge in [0, 0.05) is 13.0 Å². The van der Waals surface area contributed by atoms with Crippen LogP contribution in [0.4, 0.5) is 0 Å². The molecule has 3 aromatic rings. The maximum atomic E-state index is 13.2. The lowest BCUT2D eigenvalue weighted by Gasteiger charge is -2.26. The molecule has 7 nitrogen and oxygen atoms in total. The summed E-state index contributed by atoms with van der Waals surface area (Å²) in [6.07, 6.45) is 2.40. The molecule has 1 saturated heterocycles. The van der Waals surface area contributed by atoms with E-state index in [2.05, 4.69) is 0 Å². The van der Waals surface area contributed by atoms with Crippen molar-refractivity contribution in [1.82, 2.24) is 4.90 Å². The van der Waals surface area contributed by atoms with Crippen molar-refractivity contribution in [3.05, 3.63) is 70.0 Å². The van der Waals surface area contributed by atoms with Gasteiger partial charge < -0.3 is 23.4 Å². The number of benzene rings is 1. The van der Waals surface area contributed by atoms with E-state index in [9.17, 15) is 9.59 Å². The summed E-state index contributed by atoms with van der Waals surface area (Å²) in [6.45, 7) is 5.03. The number of furan rings is 1. The van der Waals surface area contributed by atoms with Crippen LogP contribution >= 0.6 is 0 Å². The average Bonchev–Trinajstić information content (AvgIpc) is 3.37. The predicted octanol–water partition coefficient (Wildman–Crippen LogP) is 1.24. The van der Waals surface area contributed by atoms with Gasteiger partial charge in [0.05, 0.1) is 37.0 Å². The lowest BCUT2D eigenvalue weighted by Crippen LogP contribution is -3.14.